The Labute approximate surface area is 186 Å². The van der Waals surface area contributed by atoms with Crippen molar-refractivity contribution in [2.24, 2.45) is 4.99 Å². The van der Waals surface area contributed by atoms with Crippen molar-refractivity contribution in [2.75, 3.05) is 25.0 Å². The van der Waals surface area contributed by atoms with E-state index in [9.17, 15) is 0 Å². The molecule has 2 heterocycles. The number of aliphatic imine (C=N–C) groups is 1. The van der Waals surface area contributed by atoms with Gasteiger partial charge in [-0.2, -0.15) is 0 Å². The summed E-state index contributed by atoms with van der Waals surface area (Å²) in [6.07, 6.45) is 1.55. The minimum absolute atomic E-state index is 0. The van der Waals surface area contributed by atoms with Crippen molar-refractivity contribution in [1.29, 1.82) is 0 Å². The van der Waals surface area contributed by atoms with Gasteiger partial charge in [0, 0.05) is 31.9 Å². The molecule has 2 rings (SSSR count). The summed E-state index contributed by atoms with van der Waals surface area (Å²) >= 11 is 11.9. The third-order valence-electron chi connectivity index (χ3n) is 3.42. The van der Waals surface area contributed by atoms with E-state index in [1.807, 2.05) is 13.0 Å². The average Bonchev–Trinajstić information content (AvgIpc) is 3.07. The van der Waals surface area contributed by atoms with Crippen LogP contribution in [0.1, 0.15) is 38.1 Å². The Hall–Kier alpha value is -1.26. The van der Waals surface area contributed by atoms with Crippen molar-refractivity contribution in [1.82, 2.24) is 20.8 Å². The van der Waals surface area contributed by atoms with E-state index in [1.54, 1.807) is 12.3 Å². The first-order chi connectivity index (χ1) is 12.5. The molecule has 7 nitrogen and oxygen atoms in total. The lowest BCUT2D eigenvalue weighted by molar-refractivity contribution is 0.376. The van der Waals surface area contributed by atoms with Gasteiger partial charge in [-0.05, 0) is 18.9 Å². The Bertz CT molecular complexity index is 738. The van der Waals surface area contributed by atoms with Gasteiger partial charge < -0.3 is 20.5 Å². The minimum Gasteiger partial charge on any atom is -0.367 e. The molecule has 0 radical (unpaired) electrons. The van der Waals surface area contributed by atoms with Crippen LogP contribution in [-0.2, 0) is 6.54 Å². The van der Waals surface area contributed by atoms with E-state index >= 15 is 0 Å². The van der Waals surface area contributed by atoms with Gasteiger partial charge in [-0.25, -0.2) is 9.98 Å². The summed E-state index contributed by atoms with van der Waals surface area (Å²) in [4.78, 5) is 8.66. The number of hydrogen-bond donors (Lipinski definition) is 3. The van der Waals surface area contributed by atoms with Gasteiger partial charge >= 0.3 is 0 Å². The fourth-order valence-electron chi connectivity index (χ4n) is 2.08. The minimum atomic E-state index is 0. The predicted octanol–water partition coefficient (Wildman–Crippen LogP) is 4.29. The van der Waals surface area contributed by atoms with Crippen LogP contribution < -0.4 is 16.0 Å². The van der Waals surface area contributed by atoms with E-state index in [0.717, 1.165) is 18.0 Å². The SMILES string of the molecule is CCNC(=NCc1cc(C(C)C)no1)NCCNc1ncc(Cl)cc1Cl.I. The van der Waals surface area contributed by atoms with Crippen LogP contribution >= 0.6 is 47.2 Å². The maximum Gasteiger partial charge on any atom is 0.191 e. The second kappa shape index (κ2) is 12.2. The molecule has 10 heteroatoms. The van der Waals surface area contributed by atoms with Crippen LogP contribution in [0, 0.1) is 0 Å². The van der Waals surface area contributed by atoms with Gasteiger partial charge in [-0.1, -0.05) is 42.2 Å². The van der Waals surface area contributed by atoms with Crippen molar-refractivity contribution < 1.29 is 4.52 Å². The molecular weight excluding hydrogens is 502 g/mol. The van der Waals surface area contributed by atoms with Crippen LogP contribution in [0.25, 0.3) is 0 Å². The summed E-state index contributed by atoms with van der Waals surface area (Å²) in [6, 6.07) is 3.59. The summed E-state index contributed by atoms with van der Waals surface area (Å²) in [7, 11) is 0. The highest BCUT2D eigenvalue weighted by molar-refractivity contribution is 14.0. The molecule has 150 valence electrons. The standard InChI is InChI=1S/C17H24Cl2N6O.HI/c1-4-20-17(24-10-13-8-15(11(2)3)25-26-13)22-6-5-21-16-14(19)7-12(18)9-23-16;/h7-9,11H,4-6,10H2,1-3H3,(H,21,23)(H2,20,22,24);1H. The molecule has 0 bridgehead atoms. The van der Waals surface area contributed by atoms with Gasteiger partial charge in [0.15, 0.2) is 11.7 Å². The molecule has 0 aromatic carbocycles. The second-order valence-corrected chi connectivity index (χ2v) is 6.75. The van der Waals surface area contributed by atoms with Gasteiger partial charge in [0.05, 0.1) is 15.7 Å². The number of aromatic nitrogens is 2. The van der Waals surface area contributed by atoms with E-state index in [4.69, 9.17) is 27.7 Å². The Morgan fingerprint density at radius 2 is 2.00 bits per heavy atom. The first-order valence-corrected chi connectivity index (χ1v) is 9.27. The van der Waals surface area contributed by atoms with Crippen LogP contribution in [0.3, 0.4) is 0 Å². The zero-order valence-electron chi connectivity index (χ0n) is 15.6. The second-order valence-electron chi connectivity index (χ2n) is 5.91. The maximum atomic E-state index is 6.08. The highest BCUT2D eigenvalue weighted by Crippen LogP contribution is 2.22. The topological polar surface area (TPSA) is 87.4 Å². The number of nitrogens with zero attached hydrogens (tertiary/aromatic N) is 3. The molecule has 0 atom stereocenters. The normalized spacial score (nSPS) is 11.3. The summed E-state index contributed by atoms with van der Waals surface area (Å²) in [6.45, 7) is 8.61. The molecule has 0 aliphatic rings. The van der Waals surface area contributed by atoms with Crippen molar-refractivity contribution in [3.8, 4) is 0 Å². The third kappa shape index (κ3) is 8.10. The molecule has 0 fully saturated rings. The number of nitrogens with one attached hydrogen (secondary N) is 3. The van der Waals surface area contributed by atoms with Gasteiger partial charge in [-0.15, -0.1) is 24.0 Å². The highest BCUT2D eigenvalue weighted by atomic mass is 127. The Kier molecular flexibility index (Phi) is 10.8. The molecule has 0 aliphatic carbocycles. The lowest BCUT2D eigenvalue weighted by atomic mass is 10.1. The van der Waals surface area contributed by atoms with Gasteiger partial charge in [0.25, 0.3) is 0 Å². The van der Waals surface area contributed by atoms with Crippen LogP contribution in [0.15, 0.2) is 27.8 Å². The molecule has 0 saturated heterocycles. The molecular formula is C17H25Cl2IN6O. The largest absolute Gasteiger partial charge is 0.367 e. The van der Waals surface area contributed by atoms with E-state index in [2.05, 4.69) is 44.9 Å². The van der Waals surface area contributed by atoms with E-state index in [0.29, 0.717) is 47.4 Å². The number of rotatable bonds is 8. The first-order valence-electron chi connectivity index (χ1n) is 8.52. The number of halogens is 3. The van der Waals surface area contributed by atoms with Crippen molar-refractivity contribution >= 4 is 59.0 Å². The molecule has 0 aliphatic heterocycles. The zero-order chi connectivity index (χ0) is 18.9. The molecule has 0 spiro atoms. The monoisotopic (exact) mass is 526 g/mol. The highest BCUT2D eigenvalue weighted by Gasteiger charge is 2.07. The summed E-state index contributed by atoms with van der Waals surface area (Å²) in [5.74, 6) is 2.37. The lowest BCUT2D eigenvalue weighted by Crippen LogP contribution is -2.39. The Balaban J connectivity index is 0.00000364. The quantitative estimate of drug-likeness (QED) is 0.206. The van der Waals surface area contributed by atoms with Crippen LogP contribution in [0.2, 0.25) is 10.0 Å². The number of hydrogen-bond acceptors (Lipinski definition) is 5. The number of guanidine groups is 1. The van der Waals surface area contributed by atoms with E-state index in [-0.39, 0.29) is 24.0 Å². The predicted molar refractivity (Wildman–Crippen MR) is 122 cm³/mol. The average molecular weight is 527 g/mol. The van der Waals surface area contributed by atoms with Crippen molar-refractivity contribution in [2.45, 2.75) is 33.2 Å². The van der Waals surface area contributed by atoms with Crippen molar-refractivity contribution in [3.63, 3.8) is 0 Å². The van der Waals surface area contributed by atoms with Crippen LogP contribution in [-0.4, -0.2) is 35.7 Å². The number of anilines is 1. The fraction of sp³-hybridized carbons (Fsp3) is 0.471. The Morgan fingerprint density at radius 1 is 1.22 bits per heavy atom. The lowest BCUT2D eigenvalue weighted by Gasteiger charge is -2.12. The van der Waals surface area contributed by atoms with E-state index < -0.39 is 0 Å². The zero-order valence-corrected chi connectivity index (χ0v) is 19.4. The van der Waals surface area contributed by atoms with Gasteiger partial charge in [0.1, 0.15) is 12.4 Å². The fourth-order valence-corrected chi connectivity index (χ4v) is 2.53. The molecule has 0 saturated carbocycles. The Morgan fingerprint density at radius 3 is 2.63 bits per heavy atom. The van der Waals surface area contributed by atoms with Gasteiger partial charge in [-0.3, -0.25) is 0 Å². The maximum absolute atomic E-state index is 6.08. The third-order valence-corrected chi connectivity index (χ3v) is 3.92. The molecule has 0 unspecified atom stereocenters. The van der Waals surface area contributed by atoms with Gasteiger partial charge in [0.2, 0.25) is 0 Å². The number of pyridine rings is 1. The summed E-state index contributed by atoms with van der Waals surface area (Å²) in [5, 5.41) is 14.6. The molecule has 3 N–H and O–H groups in total. The summed E-state index contributed by atoms with van der Waals surface area (Å²) in [5.41, 5.74) is 0.935. The molecule has 2 aromatic heterocycles. The smallest absolute Gasteiger partial charge is 0.191 e. The van der Waals surface area contributed by atoms with Crippen LogP contribution in [0.4, 0.5) is 5.82 Å². The van der Waals surface area contributed by atoms with Crippen LogP contribution in [0.5, 0.6) is 0 Å². The molecule has 2 aromatic rings. The summed E-state index contributed by atoms with van der Waals surface area (Å²) < 4.78 is 5.30. The van der Waals surface area contributed by atoms with Crippen molar-refractivity contribution in [3.05, 3.63) is 39.8 Å². The van der Waals surface area contributed by atoms with E-state index in [1.165, 1.54) is 0 Å². The molecule has 0 amide bonds. The molecule has 27 heavy (non-hydrogen) atoms. The first kappa shape index (κ1) is 23.8.